The van der Waals surface area contributed by atoms with Crippen LogP contribution in [0.1, 0.15) is 0 Å². The van der Waals surface area contributed by atoms with E-state index in [-0.39, 0.29) is 5.43 Å². The van der Waals surface area contributed by atoms with Crippen LogP contribution in [0, 0.1) is 0 Å². The molecule has 230 valence electrons. The molecule has 0 aliphatic carbocycles. The van der Waals surface area contributed by atoms with Crippen LogP contribution < -0.4 is 19.8 Å². The summed E-state index contributed by atoms with van der Waals surface area (Å²) < 4.78 is 21.5. The summed E-state index contributed by atoms with van der Waals surface area (Å²) in [6.45, 7) is 0. The number of benzene rings is 7. The molecule has 2 aromatic heterocycles. The lowest BCUT2D eigenvalue weighted by Crippen LogP contribution is -2.20. The van der Waals surface area contributed by atoms with Crippen LogP contribution in [0.3, 0.4) is 0 Å². The fourth-order valence-electron chi connectivity index (χ4n) is 7.38. The van der Waals surface area contributed by atoms with E-state index in [4.69, 9.17) is 13.9 Å². The summed E-state index contributed by atoms with van der Waals surface area (Å²) >= 11 is 1.71. The second-order valence-electron chi connectivity index (χ2n) is 12.4. The largest absolute Gasteiger partial charge is 0.456 e. The first-order chi connectivity index (χ1) is 24.2. The number of anilines is 3. The van der Waals surface area contributed by atoms with E-state index in [1.54, 1.807) is 11.3 Å². The Morgan fingerprint density at radius 2 is 1.16 bits per heavy atom. The number of hydrogen-bond acceptors (Lipinski definition) is 6. The summed E-state index contributed by atoms with van der Waals surface area (Å²) in [7, 11) is 0. The summed E-state index contributed by atoms with van der Waals surface area (Å²) in [5.41, 5.74) is 8.37. The summed E-state index contributed by atoms with van der Waals surface area (Å²) in [6, 6.07) is 46.9. The van der Waals surface area contributed by atoms with Gasteiger partial charge in [-0.2, -0.15) is 0 Å². The normalized spacial score (nSPS) is 12.9. The van der Waals surface area contributed by atoms with E-state index in [1.165, 1.54) is 0 Å². The van der Waals surface area contributed by atoms with Crippen molar-refractivity contribution in [2.75, 3.05) is 4.90 Å². The second kappa shape index (κ2) is 9.83. The maximum atomic E-state index is 13.4. The first-order valence-corrected chi connectivity index (χ1v) is 16.9. The average Bonchev–Trinajstić information content (AvgIpc) is 3.51. The molecule has 49 heavy (non-hydrogen) atoms. The zero-order chi connectivity index (χ0) is 32.2. The highest BCUT2D eigenvalue weighted by molar-refractivity contribution is 7.26. The molecule has 2 aliphatic heterocycles. The molecule has 0 N–H and O–H groups in total. The molecule has 0 saturated heterocycles. The number of nitrogens with zero attached hydrogens (tertiary/aromatic N) is 1. The van der Waals surface area contributed by atoms with Gasteiger partial charge in [0.05, 0.1) is 22.1 Å². The van der Waals surface area contributed by atoms with Gasteiger partial charge in [0.15, 0.2) is 23.0 Å². The third-order valence-electron chi connectivity index (χ3n) is 9.62. The number of thiophene rings is 1. The van der Waals surface area contributed by atoms with Crippen LogP contribution in [0.15, 0.2) is 149 Å². The van der Waals surface area contributed by atoms with Crippen molar-refractivity contribution in [1.29, 1.82) is 0 Å². The molecule has 2 aliphatic rings. The fraction of sp³-hybridized carbons (Fsp3) is 0. The highest BCUT2D eigenvalue weighted by Crippen LogP contribution is 2.60. The number of fused-ring (bicyclic) bond motifs is 9. The maximum Gasteiger partial charge on any atom is 0.200 e. The monoisotopic (exact) mass is 649 g/mol. The zero-order valence-corrected chi connectivity index (χ0v) is 26.6. The summed E-state index contributed by atoms with van der Waals surface area (Å²) in [5.74, 6) is 3.11. The number of ether oxygens (including phenoxy) is 2. The maximum absolute atomic E-state index is 13.4. The Hall–Kier alpha value is -6.37. The van der Waals surface area contributed by atoms with Crippen LogP contribution in [0.4, 0.5) is 17.1 Å². The van der Waals surface area contributed by atoms with Crippen LogP contribution in [0.2, 0.25) is 0 Å². The predicted molar refractivity (Wildman–Crippen MR) is 199 cm³/mol. The van der Waals surface area contributed by atoms with Crippen molar-refractivity contribution in [3.63, 3.8) is 0 Å². The molecule has 5 nitrogen and oxygen atoms in total. The quantitative estimate of drug-likeness (QED) is 0.174. The summed E-state index contributed by atoms with van der Waals surface area (Å²) in [6.07, 6.45) is 0. The average molecular weight is 650 g/mol. The smallest absolute Gasteiger partial charge is 0.200 e. The van der Waals surface area contributed by atoms with Crippen molar-refractivity contribution >= 4 is 70.5 Å². The molecule has 0 amide bonds. The van der Waals surface area contributed by atoms with Gasteiger partial charge < -0.3 is 13.9 Å². The van der Waals surface area contributed by atoms with Gasteiger partial charge in [-0.15, -0.1) is 11.3 Å². The van der Waals surface area contributed by atoms with E-state index in [1.807, 2.05) is 72.8 Å². The minimum Gasteiger partial charge on any atom is -0.456 e. The lowest BCUT2D eigenvalue weighted by molar-refractivity contribution is 0.446. The number of rotatable bonds is 2. The highest BCUT2D eigenvalue weighted by atomic mass is 32.1. The Morgan fingerprint density at radius 3 is 1.96 bits per heavy atom. The van der Waals surface area contributed by atoms with Crippen molar-refractivity contribution in [3.05, 3.63) is 150 Å². The molecule has 4 heterocycles. The van der Waals surface area contributed by atoms with E-state index in [2.05, 4.69) is 71.6 Å². The Morgan fingerprint density at radius 1 is 0.490 bits per heavy atom. The van der Waals surface area contributed by atoms with Gasteiger partial charge in [-0.1, -0.05) is 72.8 Å². The Bertz CT molecular complexity index is 2870. The van der Waals surface area contributed by atoms with Crippen LogP contribution in [0.25, 0.3) is 64.4 Å². The minimum absolute atomic E-state index is 0.00346. The molecule has 0 atom stereocenters. The van der Waals surface area contributed by atoms with Crippen LogP contribution in [0.5, 0.6) is 23.0 Å². The van der Waals surface area contributed by atoms with Gasteiger partial charge >= 0.3 is 0 Å². The Labute approximate surface area is 283 Å². The molecule has 0 radical (unpaired) electrons. The van der Waals surface area contributed by atoms with Gasteiger partial charge in [0.1, 0.15) is 16.9 Å². The van der Waals surface area contributed by atoms with Crippen molar-refractivity contribution in [2.45, 2.75) is 0 Å². The standard InChI is InChI=1S/C43H23NO4S/c45-42-29-11-1-4-16-34(29)46-37-22-30-28-13-8-12-27(43(28)49-40(30)23-31(37)42)25-10-7-9-24(19-25)26-20-38-41-39(21-26)48-36-18-6-3-15-33(36)44(41)32-14-2-5-17-35(32)47-38/h1-23H. The molecule has 0 saturated carbocycles. The van der Waals surface area contributed by atoms with Gasteiger partial charge in [-0.25, -0.2) is 0 Å². The van der Waals surface area contributed by atoms with E-state index >= 15 is 0 Å². The van der Waals surface area contributed by atoms with Gasteiger partial charge in [-0.3, -0.25) is 9.69 Å². The highest BCUT2D eigenvalue weighted by Gasteiger charge is 2.35. The fourth-order valence-corrected chi connectivity index (χ4v) is 8.63. The van der Waals surface area contributed by atoms with E-state index in [0.29, 0.717) is 21.9 Å². The Kier molecular flexibility index (Phi) is 5.35. The lowest BCUT2D eigenvalue weighted by Gasteiger charge is -2.38. The van der Waals surface area contributed by atoms with Crippen LogP contribution >= 0.6 is 11.3 Å². The third kappa shape index (κ3) is 3.83. The van der Waals surface area contributed by atoms with Gasteiger partial charge in [-0.05, 0) is 89.0 Å². The SMILES string of the molecule is O=c1c2ccccc2oc2cc3c(cc12)sc1c(-c2cccc(-c4cc5c6c(c4)Oc4ccccc4N6c4ccccc4O5)c2)cccc13. The molecule has 9 aromatic rings. The summed E-state index contributed by atoms with van der Waals surface area (Å²) in [5, 5.41) is 3.42. The molecule has 11 rings (SSSR count). The molecule has 0 bridgehead atoms. The van der Waals surface area contributed by atoms with Crippen molar-refractivity contribution in [2.24, 2.45) is 0 Å². The van der Waals surface area contributed by atoms with Crippen LogP contribution in [-0.2, 0) is 0 Å². The van der Waals surface area contributed by atoms with Crippen molar-refractivity contribution in [1.82, 2.24) is 0 Å². The molecule has 0 fully saturated rings. The second-order valence-corrected chi connectivity index (χ2v) is 13.5. The number of hydrogen-bond donors (Lipinski definition) is 0. The van der Waals surface area contributed by atoms with Gasteiger partial charge in [0.25, 0.3) is 0 Å². The van der Waals surface area contributed by atoms with Gasteiger partial charge in [0, 0.05) is 20.2 Å². The van der Waals surface area contributed by atoms with E-state index < -0.39 is 0 Å². The molecular formula is C43H23NO4S. The van der Waals surface area contributed by atoms with Gasteiger partial charge in [0.2, 0.25) is 5.43 Å². The molecule has 0 spiro atoms. The topological polar surface area (TPSA) is 51.9 Å². The molecule has 7 aromatic carbocycles. The molecule has 0 unspecified atom stereocenters. The number of para-hydroxylation sites is 5. The van der Waals surface area contributed by atoms with Crippen LogP contribution in [-0.4, -0.2) is 0 Å². The first-order valence-electron chi connectivity index (χ1n) is 16.1. The lowest BCUT2D eigenvalue weighted by atomic mass is 9.96. The predicted octanol–water partition coefficient (Wildman–Crippen LogP) is 12.3. The third-order valence-corrected chi connectivity index (χ3v) is 10.8. The molecular weight excluding hydrogens is 627 g/mol. The minimum atomic E-state index is -0.00346. The van der Waals surface area contributed by atoms with E-state index in [0.717, 1.165) is 82.5 Å². The Balaban J connectivity index is 1.06. The van der Waals surface area contributed by atoms with Crippen molar-refractivity contribution < 1.29 is 13.9 Å². The first kappa shape index (κ1) is 26.7. The summed E-state index contributed by atoms with van der Waals surface area (Å²) in [4.78, 5) is 15.6. The zero-order valence-electron chi connectivity index (χ0n) is 25.8. The molecule has 6 heteroatoms. The van der Waals surface area contributed by atoms with Crippen molar-refractivity contribution in [3.8, 4) is 45.3 Å². The van der Waals surface area contributed by atoms with E-state index in [9.17, 15) is 4.79 Å².